The molecule has 1 N–H and O–H groups in total. The van der Waals surface area contributed by atoms with E-state index < -0.39 is 32.5 Å². The summed E-state index contributed by atoms with van der Waals surface area (Å²) < 4.78 is 62.5. The van der Waals surface area contributed by atoms with Crippen molar-refractivity contribution in [1.29, 1.82) is 0 Å². The number of nitrogens with one attached hydrogen (secondary N) is 1. The van der Waals surface area contributed by atoms with Crippen molar-refractivity contribution in [3.8, 4) is 0 Å². The largest absolute Gasteiger partial charge is 0.459 e. The lowest BCUT2D eigenvalue weighted by Gasteiger charge is -2.21. The van der Waals surface area contributed by atoms with E-state index >= 15 is 0 Å². The van der Waals surface area contributed by atoms with Gasteiger partial charge in [0.15, 0.2) is 0 Å². The lowest BCUT2D eigenvalue weighted by Crippen LogP contribution is -2.39. The van der Waals surface area contributed by atoms with Crippen molar-refractivity contribution >= 4 is 55.4 Å². The summed E-state index contributed by atoms with van der Waals surface area (Å²) >= 11 is 12.0. The molecule has 0 atom stereocenters. The van der Waals surface area contributed by atoms with E-state index in [1.54, 1.807) is 72.8 Å². The zero-order chi connectivity index (χ0) is 35.0. The zero-order valence-corrected chi connectivity index (χ0v) is 29.4. The summed E-state index contributed by atoms with van der Waals surface area (Å²) in [4.78, 5) is 13.1. The molecule has 0 saturated carbocycles. The Morgan fingerprint density at radius 2 is 1.22 bits per heavy atom. The number of hydrazone groups is 1. The van der Waals surface area contributed by atoms with Crippen LogP contribution in [0.2, 0.25) is 10.0 Å². The summed E-state index contributed by atoms with van der Waals surface area (Å²) in [7, 11) is -8.00. The van der Waals surface area contributed by atoms with E-state index in [1.807, 2.05) is 13.0 Å². The minimum absolute atomic E-state index is 0.0266. The van der Waals surface area contributed by atoms with E-state index in [0.717, 1.165) is 9.87 Å². The average Bonchev–Trinajstić information content (AvgIpc) is 3.53. The molecular weight excluding hydrogens is 707 g/mol. The number of carbonyl (C=O) groups is 1. The van der Waals surface area contributed by atoms with Crippen LogP contribution in [0.3, 0.4) is 0 Å². The maximum atomic E-state index is 13.6. The Bertz CT molecular complexity index is 2120. The highest BCUT2D eigenvalue weighted by Gasteiger charge is 2.28. The first-order valence-corrected chi connectivity index (χ1v) is 18.6. The molecule has 5 aromatic rings. The van der Waals surface area contributed by atoms with E-state index in [-0.39, 0.29) is 35.2 Å². The molecule has 0 spiro atoms. The second-order valence-electron chi connectivity index (χ2n) is 11.0. The fourth-order valence-electron chi connectivity index (χ4n) is 4.73. The zero-order valence-electron chi connectivity index (χ0n) is 26.2. The Labute approximate surface area is 295 Å². The number of halogens is 2. The second kappa shape index (κ2) is 15.9. The molecular formula is C35H32Cl2N4O6S2. The molecule has 0 fully saturated rings. The standard InChI is InChI=1S/C35H32Cl2N4O6S2/c1-26-7-17-33(18-8-26)49(45,46)41(22-27-5-3-2-4-6-27)25-35(42)39-38-21-31-15-16-32(47-31)24-40(23-28-9-11-29(36)12-10-28)48(43,44)34-19-13-30(37)14-20-34/h2-21H,22-25H2,1H3,(H,39,42)/b38-21-. The van der Waals surface area contributed by atoms with E-state index in [2.05, 4.69) is 10.5 Å². The predicted octanol–water partition coefficient (Wildman–Crippen LogP) is 6.63. The normalized spacial score (nSPS) is 12.2. The molecule has 5 rings (SSSR count). The van der Waals surface area contributed by atoms with E-state index in [4.69, 9.17) is 27.6 Å². The lowest BCUT2D eigenvalue weighted by molar-refractivity contribution is -0.121. The number of nitrogens with zero attached hydrogens (tertiary/aromatic N) is 3. The molecule has 0 aliphatic rings. The maximum absolute atomic E-state index is 13.6. The molecule has 0 aliphatic carbocycles. The summed E-state index contributed by atoms with van der Waals surface area (Å²) in [6.45, 7) is 1.26. The first kappa shape index (κ1) is 36.0. The highest BCUT2D eigenvalue weighted by molar-refractivity contribution is 7.89. The molecule has 0 aliphatic heterocycles. The van der Waals surface area contributed by atoms with Gasteiger partial charge in [-0.2, -0.15) is 13.7 Å². The molecule has 0 bridgehead atoms. The van der Waals surface area contributed by atoms with Crippen molar-refractivity contribution in [2.75, 3.05) is 6.54 Å². The van der Waals surface area contributed by atoms with Crippen molar-refractivity contribution in [2.24, 2.45) is 5.10 Å². The monoisotopic (exact) mass is 738 g/mol. The smallest absolute Gasteiger partial charge is 0.255 e. The van der Waals surface area contributed by atoms with Crippen LogP contribution in [0, 0.1) is 6.92 Å². The van der Waals surface area contributed by atoms with Crippen LogP contribution in [0.1, 0.15) is 28.2 Å². The van der Waals surface area contributed by atoms with Gasteiger partial charge in [0, 0.05) is 23.1 Å². The lowest BCUT2D eigenvalue weighted by atomic mass is 10.2. The van der Waals surface area contributed by atoms with Gasteiger partial charge < -0.3 is 4.42 Å². The third kappa shape index (κ3) is 9.66. The third-order valence-corrected chi connectivity index (χ3v) is 11.4. The fraction of sp³-hybridized carbons (Fsp3) is 0.143. The second-order valence-corrected chi connectivity index (χ2v) is 15.8. The average molecular weight is 740 g/mol. The highest BCUT2D eigenvalue weighted by Crippen LogP contribution is 2.24. The van der Waals surface area contributed by atoms with Gasteiger partial charge in [-0.1, -0.05) is 83.4 Å². The van der Waals surface area contributed by atoms with Crippen LogP contribution in [0.15, 0.2) is 135 Å². The molecule has 0 unspecified atom stereocenters. The molecule has 4 aromatic carbocycles. The van der Waals surface area contributed by atoms with Crippen LogP contribution in [0.5, 0.6) is 0 Å². The van der Waals surface area contributed by atoms with Gasteiger partial charge in [-0.3, -0.25) is 4.79 Å². The Hall–Kier alpha value is -4.30. The number of hydrogen-bond acceptors (Lipinski definition) is 7. The number of aryl methyl sites for hydroxylation is 1. The van der Waals surface area contributed by atoms with Crippen LogP contribution < -0.4 is 5.43 Å². The van der Waals surface area contributed by atoms with Crippen molar-refractivity contribution in [2.45, 2.75) is 36.3 Å². The van der Waals surface area contributed by atoms with Crippen LogP contribution in [-0.2, 0) is 44.5 Å². The highest BCUT2D eigenvalue weighted by atomic mass is 35.5. The number of furan rings is 1. The summed E-state index contributed by atoms with van der Waals surface area (Å²) in [6.07, 6.45) is 1.24. The predicted molar refractivity (Wildman–Crippen MR) is 189 cm³/mol. The summed E-state index contributed by atoms with van der Waals surface area (Å²) in [6, 6.07) is 31.2. The van der Waals surface area contributed by atoms with Gasteiger partial charge in [0.25, 0.3) is 5.91 Å². The van der Waals surface area contributed by atoms with Gasteiger partial charge in [0.05, 0.1) is 29.1 Å². The number of rotatable bonds is 14. The van der Waals surface area contributed by atoms with E-state index in [0.29, 0.717) is 26.9 Å². The van der Waals surface area contributed by atoms with Crippen molar-refractivity contribution < 1.29 is 26.0 Å². The van der Waals surface area contributed by atoms with E-state index in [9.17, 15) is 21.6 Å². The maximum Gasteiger partial charge on any atom is 0.255 e. The van der Waals surface area contributed by atoms with Gasteiger partial charge in [0.1, 0.15) is 11.5 Å². The SMILES string of the molecule is Cc1ccc(S(=O)(=O)N(CC(=O)N/N=C\c2ccc(CN(Cc3ccc(Cl)cc3)S(=O)(=O)c3ccc(Cl)cc3)o2)Cc2ccccc2)cc1. The summed E-state index contributed by atoms with van der Waals surface area (Å²) in [5.41, 5.74) is 4.68. The summed E-state index contributed by atoms with van der Waals surface area (Å²) in [5, 5.41) is 4.87. The molecule has 14 heteroatoms. The van der Waals surface area contributed by atoms with E-state index in [1.165, 1.54) is 46.9 Å². The minimum Gasteiger partial charge on any atom is -0.459 e. The first-order chi connectivity index (χ1) is 23.4. The first-order valence-electron chi connectivity index (χ1n) is 14.9. The molecule has 1 aromatic heterocycles. The van der Waals surface area contributed by atoms with Crippen LogP contribution in [0.25, 0.3) is 0 Å². The van der Waals surface area contributed by atoms with Crippen LogP contribution in [0.4, 0.5) is 0 Å². The Morgan fingerprint density at radius 3 is 1.86 bits per heavy atom. The van der Waals surface area contributed by atoms with Gasteiger partial charge in [-0.05, 0) is 78.7 Å². The third-order valence-electron chi connectivity index (χ3n) is 7.30. The van der Waals surface area contributed by atoms with Crippen LogP contribution in [-0.4, -0.2) is 44.1 Å². The molecule has 0 saturated heterocycles. The quantitative estimate of drug-likeness (QED) is 0.101. The number of amides is 1. The summed E-state index contributed by atoms with van der Waals surface area (Å²) in [5.74, 6) is -0.116. The van der Waals surface area contributed by atoms with Gasteiger partial charge in [-0.15, -0.1) is 0 Å². The minimum atomic E-state index is -4.02. The number of benzene rings is 4. The topological polar surface area (TPSA) is 129 Å². The van der Waals surface area contributed by atoms with Gasteiger partial charge in [-0.25, -0.2) is 22.3 Å². The van der Waals surface area contributed by atoms with Crippen molar-refractivity contribution in [1.82, 2.24) is 14.0 Å². The van der Waals surface area contributed by atoms with Gasteiger partial charge >= 0.3 is 0 Å². The molecule has 1 amide bonds. The Morgan fingerprint density at radius 1 is 0.694 bits per heavy atom. The molecule has 49 heavy (non-hydrogen) atoms. The Kier molecular flexibility index (Phi) is 11.7. The molecule has 0 radical (unpaired) electrons. The van der Waals surface area contributed by atoms with Crippen LogP contribution >= 0.6 is 23.2 Å². The fourth-order valence-corrected chi connectivity index (χ4v) is 7.76. The Balaban J connectivity index is 1.28. The van der Waals surface area contributed by atoms with Gasteiger partial charge in [0.2, 0.25) is 20.0 Å². The molecule has 1 heterocycles. The van der Waals surface area contributed by atoms with Crippen molar-refractivity contribution in [3.05, 3.63) is 154 Å². The number of carbonyl (C=O) groups excluding carboxylic acids is 1. The number of sulfonamides is 2. The van der Waals surface area contributed by atoms with Crippen molar-refractivity contribution in [3.63, 3.8) is 0 Å². The molecule has 10 nitrogen and oxygen atoms in total. The molecule has 254 valence electrons. The number of hydrogen-bond donors (Lipinski definition) is 1.